The summed E-state index contributed by atoms with van der Waals surface area (Å²) < 4.78 is 5.14. The first kappa shape index (κ1) is 13.6. The van der Waals surface area contributed by atoms with Crippen molar-refractivity contribution >= 4 is 23.0 Å². The van der Waals surface area contributed by atoms with Crippen molar-refractivity contribution in [3.8, 4) is 5.75 Å². The molecule has 0 amide bonds. The van der Waals surface area contributed by atoms with Crippen LogP contribution in [0.3, 0.4) is 0 Å². The van der Waals surface area contributed by atoms with Crippen molar-refractivity contribution in [2.75, 3.05) is 24.8 Å². The molecular formula is C15H17ClN2O. The predicted molar refractivity (Wildman–Crippen MR) is 81.0 cm³/mol. The summed E-state index contributed by atoms with van der Waals surface area (Å²) in [5.41, 5.74) is 8.81. The van der Waals surface area contributed by atoms with Gasteiger partial charge in [-0.3, -0.25) is 0 Å². The Morgan fingerprint density at radius 3 is 2.47 bits per heavy atom. The number of halogens is 1. The molecule has 2 rings (SSSR count). The Balaban J connectivity index is 2.15. The lowest BCUT2D eigenvalue weighted by Crippen LogP contribution is -2.17. The van der Waals surface area contributed by atoms with Crippen LogP contribution in [-0.2, 0) is 6.54 Å². The van der Waals surface area contributed by atoms with Crippen LogP contribution in [0.15, 0.2) is 42.5 Å². The van der Waals surface area contributed by atoms with E-state index in [0.29, 0.717) is 5.02 Å². The SMILES string of the molecule is COc1ccc(CN(C)c2cc(Cl)ccc2N)cc1. The summed E-state index contributed by atoms with van der Waals surface area (Å²) in [6.45, 7) is 0.758. The van der Waals surface area contributed by atoms with Crippen molar-refractivity contribution in [1.29, 1.82) is 0 Å². The molecule has 2 aromatic rings. The fourth-order valence-electron chi connectivity index (χ4n) is 1.94. The molecule has 0 aliphatic carbocycles. The molecule has 100 valence electrons. The van der Waals surface area contributed by atoms with E-state index in [1.54, 1.807) is 13.2 Å². The Bertz CT molecular complexity index is 555. The Labute approximate surface area is 118 Å². The third kappa shape index (κ3) is 3.32. The number of rotatable bonds is 4. The second-order valence-electron chi connectivity index (χ2n) is 4.41. The molecule has 0 saturated carbocycles. The van der Waals surface area contributed by atoms with E-state index >= 15 is 0 Å². The highest BCUT2D eigenvalue weighted by Gasteiger charge is 2.07. The summed E-state index contributed by atoms with van der Waals surface area (Å²) in [6, 6.07) is 13.5. The van der Waals surface area contributed by atoms with Crippen LogP contribution in [0.5, 0.6) is 5.75 Å². The molecule has 0 aromatic heterocycles. The number of anilines is 2. The lowest BCUT2D eigenvalue weighted by molar-refractivity contribution is 0.414. The zero-order chi connectivity index (χ0) is 13.8. The number of nitrogens with two attached hydrogens (primary N) is 1. The van der Waals surface area contributed by atoms with Gasteiger partial charge in [0.2, 0.25) is 0 Å². The fraction of sp³-hybridized carbons (Fsp3) is 0.200. The average molecular weight is 277 g/mol. The van der Waals surface area contributed by atoms with Gasteiger partial charge in [0.25, 0.3) is 0 Å². The van der Waals surface area contributed by atoms with E-state index in [-0.39, 0.29) is 0 Å². The number of nitrogen functional groups attached to an aromatic ring is 1. The molecule has 0 bridgehead atoms. The zero-order valence-electron chi connectivity index (χ0n) is 11.1. The maximum atomic E-state index is 6.00. The minimum atomic E-state index is 0.686. The first-order chi connectivity index (χ1) is 9.10. The number of nitrogens with zero attached hydrogens (tertiary/aromatic N) is 1. The van der Waals surface area contributed by atoms with Crippen LogP contribution in [-0.4, -0.2) is 14.2 Å². The molecular weight excluding hydrogens is 260 g/mol. The van der Waals surface area contributed by atoms with Crippen LogP contribution in [0.4, 0.5) is 11.4 Å². The van der Waals surface area contributed by atoms with Gasteiger partial charge in [0, 0.05) is 18.6 Å². The van der Waals surface area contributed by atoms with E-state index in [4.69, 9.17) is 22.1 Å². The van der Waals surface area contributed by atoms with Gasteiger partial charge in [0.15, 0.2) is 0 Å². The quantitative estimate of drug-likeness (QED) is 0.868. The van der Waals surface area contributed by atoms with E-state index in [1.807, 2.05) is 43.4 Å². The Morgan fingerprint density at radius 1 is 1.16 bits per heavy atom. The molecule has 0 spiro atoms. The molecule has 4 heteroatoms. The maximum absolute atomic E-state index is 6.00. The summed E-state index contributed by atoms with van der Waals surface area (Å²) >= 11 is 6.00. The highest BCUT2D eigenvalue weighted by atomic mass is 35.5. The molecule has 0 unspecified atom stereocenters. The molecule has 0 heterocycles. The van der Waals surface area contributed by atoms with Crippen LogP contribution in [0, 0.1) is 0 Å². The molecule has 0 atom stereocenters. The molecule has 2 aromatic carbocycles. The summed E-state index contributed by atoms with van der Waals surface area (Å²) in [4.78, 5) is 2.07. The summed E-state index contributed by atoms with van der Waals surface area (Å²) in [6.07, 6.45) is 0. The first-order valence-corrected chi connectivity index (χ1v) is 6.37. The number of benzene rings is 2. The highest BCUT2D eigenvalue weighted by Crippen LogP contribution is 2.27. The predicted octanol–water partition coefficient (Wildman–Crippen LogP) is 3.57. The second-order valence-corrected chi connectivity index (χ2v) is 4.84. The van der Waals surface area contributed by atoms with Gasteiger partial charge in [-0.2, -0.15) is 0 Å². The van der Waals surface area contributed by atoms with Crippen LogP contribution in [0.25, 0.3) is 0 Å². The van der Waals surface area contributed by atoms with Gasteiger partial charge in [-0.1, -0.05) is 23.7 Å². The van der Waals surface area contributed by atoms with Crippen molar-refractivity contribution < 1.29 is 4.74 Å². The molecule has 19 heavy (non-hydrogen) atoms. The summed E-state index contributed by atoms with van der Waals surface area (Å²) in [7, 11) is 3.65. The van der Waals surface area contributed by atoms with Crippen LogP contribution in [0.2, 0.25) is 5.02 Å². The smallest absolute Gasteiger partial charge is 0.118 e. The number of methoxy groups -OCH3 is 1. The van der Waals surface area contributed by atoms with Gasteiger partial charge in [-0.05, 0) is 35.9 Å². The first-order valence-electron chi connectivity index (χ1n) is 5.99. The number of hydrogen-bond acceptors (Lipinski definition) is 3. The average Bonchev–Trinajstić information content (AvgIpc) is 2.42. The summed E-state index contributed by atoms with van der Waals surface area (Å²) in [5, 5.41) is 0.686. The third-order valence-corrected chi connectivity index (χ3v) is 3.22. The molecule has 2 N–H and O–H groups in total. The number of ether oxygens (including phenoxy) is 1. The Kier molecular flexibility index (Phi) is 4.17. The summed E-state index contributed by atoms with van der Waals surface area (Å²) in [5.74, 6) is 0.855. The van der Waals surface area contributed by atoms with Crippen LogP contribution >= 0.6 is 11.6 Å². The van der Waals surface area contributed by atoms with Crippen LogP contribution < -0.4 is 15.4 Å². The normalized spacial score (nSPS) is 10.3. The Morgan fingerprint density at radius 2 is 1.84 bits per heavy atom. The van der Waals surface area contributed by atoms with Crippen molar-refractivity contribution in [3.05, 3.63) is 53.1 Å². The van der Waals surface area contributed by atoms with Crippen LogP contribution in [0.1, 0.15) is 5.56 Å². The van der Waals surface area contributed by atoms with Gasteiger partial charge in [-0.15, -0.1) is 0 Å². The van der Waals surface area contributed by atoms with E-state index in [2.05, 4.69) is 4.90 Å². The van der Waals surface area contributed by atoms with Gasteiger partial charge >= 0.3 is 0 Å². The largest absolute Gasteiger partial charge is 0.497 e. The molecule has 3 nitrogen and oxygen atoms in total. The zero-order valence-corrected chi connectivity index (χ0v) is 11.8. The topological polar surface area (TPSA) is 38.5 Å². The molecule has 0 radical (unpaired) electrons. The van der Waals surface area contributed by atoms with Gasteiger partial charge in [0.1, 0.15) is 5.75 Å². The maximum Gasteiger partial charge on any atom is 0.118 e. The van der Waals surface area contributed by atoms with E-state index in [9.17, 15) is 0 Å². The molecule has 0 aliphatic heterocycles. The lowest BCUT2D eigenvalue weighted by Gasteiger charge is -2.21. The lowest BCUT2D eigenvalue weighted by atomic mass is 10.2. The standard InChI is InChI=1S/C15H17ClN2O/c1-18(15-9-12(16)5-8-14(15)17)10-11-3-6-13(19-2)7-4-11/h3-9H,10,17H2,1-2H3. The van der Waals surface area contributed by atoms with Crippen molar-refractivity contribution in [2.45, 2.75) is 6.54 Å². The number of hydrogen-bond donors (Lipinski definition) is 1. The van der Waals surface area contributed by atoms with Gasteiger partial charge in [-0.25, -0.2) is 0 Å². The van der Waals surface area contributed by atoms with Crippen molar-refractivity contribution in [2.24, 2.45) is 0 Å². The fourth-order valence-corrected chi connectivity index (χ4v) is 2.10. The minimum absolute atomic E-state index is 0.686. The van der Waals surface area contributed by atoms with E-state index < -0.39 is 0 Å². The third-order valence-electron chi connectivity index (χ3n) is 2.98. The van der Waals surface area contributed by atoms with Crippen molar-refractivity contribution in [1.82, 2.24) is 0 Å². The highest BCUT2D eigenvalue weighted by molar-refractivity contribution is 6.31. The minimum Gasteiger partial charge on any atom is -0.497 e. The van der Waals surface area contributed by atoms with Crippen molar-refractivity contribution in [3.63, 3.8) is 0 Å². The van der Waals surface area contributed by atoms with Gasteiger partial charge in [0.05, 0.1) is 18.5 Å². The van der Waals surface area contributed by atoms with Gasteiger partial charge < -0.3 is 15.4 Å². The Hall–Kier alpha value is -1.87. The molecule has 0 aliphatic rings. The second kappa shape index (κ2) is 5.85. The molecule has 0 saturated heterocycles. The monoisotopic (exact) mass is 276 g/mol. The molecule has 0 fully saturated rings. The van der Waals surface area contributed by atoms with E-state index in [0.717, 1.165) is 23.7 Å². The van der Waals surface area contributed by atoms with E-state index in [1.165, 1.54) is 5.56 Å².